The molecule has 6 nitrogen and oxygen atoms in total. The van der Waals surface area contributed by atoms with Gasteiger partial charge < -0.3 is 14.2 Å². The maximum atomic E-state index is 12.8. The Morgan fingerprint density at radius 3 is 1.04 bits per heavy atom. The van der Waals surface area contributed by atoms with Crippen molar-refractivity contribution in [2.45, 2.75) is 207 Å². The molecule has 0 saturated carbocycles. The Balaban J connectivity index is 4.58. The van der Waals surface area contributed by atoms with Gasteiger partial charge in [-0.3, -0.25) is 14.4 Å². The standard InChI is InChI=1S/C61H94O6/c1-4-7-10-13-16-19-22-25-27-29-31-33-36-39-42-45-48-51-54-60(63)66-57-58(56-65-59(62)53-50-47-44-41-38-35-24-21-18-15-12-9-6-3)67-61(64)55-52-49-46-43-40-37-34-32-30-28-26-23-20-17-14-11-8-5-2/h9-10,12-13,15-16,18-19,21-22,24-25,27-35,38,41,44,58H,4-8,11,14,17,20,23,26,36-37,39-40,42-43,45-57H2,1-3H3/b12-9-,13-10-,18-15-,19-16-,24-21-,25-22-,29-27-,30-28-,33-31-,34-32-,38-35-,44-41-. The summed E-state index contributed by atoms with van der Waals surface area (Å²) < 4.78 is 16.7. The van der Waals surface area contributed by atoms with Gasteiger partial charge >= 0.3 is 17.9 Å². The van der Waals surface area contributed by atoms with Crippen molar-refractivity contribution in [1.29, 1.82) is 0 Å². The summed E-state index contributed by atoms with van der Waals surface area (Å²) in [7, 11) is 0. The van der Waals surface area contributed by atoms with Crippen molar-refractivity contribution >= 4 is 17.9 Å². The molecular formula is C61H94O6. The van der Waals surface area contributed by atoms with Gasteiger partial charge in [0, 0.05) is 19.3 Å². The van der Waals surface area contributed by atoms with E-state index in [9.17, 15) is 14.4 Å². The number of esters is 3. The predicted octanol–water partition coefficient (Wildman–Crippen LogP) is 17.6. The van der Waals surface area contributed by atoms with Crippen LogP contribution in [-0.4, -0.2) is 37.2 Å². The largest absolute Gasteiger partial charge is 0.462 e. The number of allylic oxidation sites excluding steroid dienone is 24. The number of ether oxygens (including phenoxy) is 3. The highest BCUT2D eigenvalue weighted by Gasteiger charge is 2.19. The summed E-state index contributed by atoms with van der Waals surface area (Å²) in [6.07, 6.45) is 76.9. The van der Waals surface area contributed by atoms with Crippen molar-refractivity contribution in [3.63, 3.8) is 0 Å². The molecule has 6 heteroatoms. The minimum atomic E-state index is -0.833. The van der Waals surface area contributed by atoms with Gasteiger partial charge in [-0.15, -0.1) is 0 Å². The van der Waals surface area contributed by atoms with E-state index in [0.29, 0.717) is 12.8 Å². The van der Waals surface area contributed by atoms with Crippen LogP contribution in [0.4, 0.5) is 0 Å². The van der Waals surface area contributed by atoms with Gasteiger partial charge in [0.25, 0.3) is 0 Å². The van der Waals surface area contributed by atoms with Gasteiger partial charge in [0.15, 0.2) is 6.10 Å². The van der Waals surface area contributed by atoms with Crippen molar-refractivity contribution in [3.8, 4) is 0 Å². The Labute approximate surface area is 410 Å². The fourth-order valence-electron chi connectivity index (χ4n) is 6.61. The molecule has 0 heterocycles. The molecule has 0 saturated heterocycles. The maximum absolute atomic E-state index is 12.8. The van der Waals surface area contributed by atoms with E-state index in [4.69, 9.17) is 14.2 Å². The first-order chi connectivity index (χ1) is 33.0. The van der Waals surface area contributed by atoms with Crippen molar-refractivity contribution in [2.75, 3.05) is 13.2 Å². The molecule has 67 heavy (non-hydrogen) atoms. The number of hydrogen-bond acceptors (Lipinski definition) is 6. The van der Waals surface area contributed by atoms with E-state index in [-0.39, 0.29) is 44.0 Å². The smallest absolute Gasteiger partial charge is 0.306 e. The second-order valence-electron chi connectivity index (χ2n) is 17.0. The first-order valence-electron chi connectivity index (χ1n) is 26.5. The zero-order valence-electron chi connectivity index (χ0n) is 42.6. The normalized spacial score (nSPS) is 13.3. The highest BCUT2D eigenvalue weighted by Crippen LogP contribution is 2.13. The number of carbonyl (C=O) groups is 3. The maximum Gasteiger partial charge on any atom is 0.306 e. The molecule has 0 aromatic heterocycles. The van der Waals surface area contributed by atoms with Crippen molar-refractivity contribution < 1.29 is 28.6 Å². The van der Waals surface area contributed by atoms with Crippen LogP contribution in [0.25, 0.3) is 0 Å². The van der Waals surface area contributed by atoms with E-state index in [1.165, 1.54) is 51.4 Å². The molecule has 0 rings (SSSR count). The molecule has 0 aliphatic carbocycles. The molecule has 374 valence electrons. The van der Waals surface area contributed by atoms with Crippen LogP contribution in [0.3, 0.4) is 0 Å². The lowest BCUT2D eigenvalue weighted by molar-refractivity contribution is -0.167. The van der Waals surface area contributed by atoms with E-state index in [2.05, 4.69) is 75.5 Å². The van der Waals surface area contributed by atoms with Crippen LogP contribution in [0, 0.1) is 0 Å². The Kier molecular flexibility index (Phi) is 50.1. The first kappa shape index (κ1) is 62.3. The summed E-state index contributed by atoms with van der Waals surface area (Å²) in [5.74, 6) is -1.05. The van der Waals surface area contributed by atoms with Gasteiger partial charge in [-0.05, 0) is 77.0 Å². The van der Waals surface area contributed by atoms with Crippen LogP contribution in [-0.2, 0) is 28.6 Å². The van der Waals surface area contributed by atoms with Crippen LogP contribution in [0.1, 0.15) is 201 Å². The Morgan fingerprint density at radius 1 is 0.313 bits per heavy atom. The number of rotatable bonds is 45. The Hall–Kier alpha value is -4.71. The summed E-state index contributed by atoms with van der Waals surface area (Å²) >= 11 is 0. The van der Waals surface area contributed by atoms with Gasteiger partial charge in [-0.25, -0.2) is 0 Å². The molecule has 0 N–H and O–H groups in total. The molecule has 0 amide bonds. The fourth-order valence-corrected chi connectivity index (χ4v) is 6.61. The average molecular weight is 923 g/mol. The summed E-state index contributed by atoms with van der Waals surface area (Å²) in [6.45, 7) is 6.28. The molecule has 0 radical (unpaired) electrons. The molecule has 0 aromatic rings. The lowest BCUT2D eigenvalue weighted by Gasteiger charge is -2.18. The number of carbonyl (C=O) groups excluding carboxylic acids is 3. The van der Waals surface area contributed by atoms with Crippen LogP contribution in [0.2, 0.25) is 0 Å². The molecule has 0 aliphatic heterocycles. The molecule has 0 aromatic carbocycles. The number of unbranched alkanes of at least 4 members (excludes halogenated alkanes) is 19. The van der Waals surface area contributed by atoms with Crippen molar-refractivity contribution in [3.05, 3.63) is 146 Å². The zero-order chi connectivity index (χ0) is 48.6. The summed E-state index contributed by atoms with van der Waals surface area (Å²) in [5.41, 5.74) is 0. The number of hydrogen-bond donors (Lipinski definition) is 0. The van der Waals surface area contributed by atoms with E-state index >= 15 is 0 Å². The zero-order valence-corrected chi connectivity index (χ0v) is 42.6. The fraction of sp³-hybridized carbons (Fsp3) is 0.557. The third-order valence-electron chi connectivity index (χ3n) is 10.6. The van der Waals surface area contributed by atoms with Gasteiger partial charge in [0.05, 0.1) is 0 Å². The molecule has 0 spiro atoms. The van der Waals surface area contributed by atoms with E-state index in [1.807, 2.05) is 91.1 Å². The van der Waals surface area contributed by atoms with E-state index in [1.54, 1.807) is 0 Å². The first-order valence-corrected chi connectivity index (χ1v) is 26.5. The van der Waals surface area contributed by atoms with Gasteiger partial charge in [0.1, 0.15) is 13.2 Å². The minimum absolute atomic E-state index is 0.127. The van der Waals surface area contributed by atoms with Crippen LogP contribution >= 0.6 is 0 Å². The van der Waals surface area contributed by atoms with E-state index in [0.717, 1.165) is 103 Å². The minimum Gasteiger partial charge on any atom is -0.462 e. The van der Waals surface area contributed by atoms with Crippen LogP contribution < -0.4 is 0 Å². The molecule has 1 atom stereocenters. The summed E-state index contributed by atoms with van der Waals surface area (Å²) in [5, 5.41) is 0. The summed E-state index contributed by atoms with van der Waals surface area (Å²) in [6, 6.07) is 0. The van der Waals surface area contributed by atoms with Crippen LogP contribution in [0.15, 0.2) is 146 Å². The lowest BCUT2D eigenvalue weighted by atomic mass is 10.1. The van der Waals surface area contributed by atoms with Gasteiger partial charge in [-0.1, -0.05) is 250 Å². The topological polar surface area (TPSA) is 78.9 Å². The average Bonchev–Trinajstić information content (AvgIpc) is 3.33. The van der Waals surface area contributed by atoms with Crippen molar-refractivity contribution in [1.82, 2.24) is 0 Å². The molecule has 0 aliphatic rings. The highest BCUT2D eigenvalue weighted by atomic mass is 16.6. The van der Waals surface area contributed by atoms with Crippen molar-refractivity contribution in [2.24, 2.45) is 0 Å². The molecule has 0 bridgehead atoms. The summed E-state index contributed by atoms with van der Waals surface area (Å²) in [4.78, 5) is 38.0. The second kappa shape index (κ2) is 53.9. The lowest BCUT2D eigenvalue weighted by Crippen LogP contribution is -2.30. The molecule has 1 unspecified atom stereocenters. The monoisotopic (exact) mass is 923 g/mol. The van der Waals surface area contributed by atoms with Gasteiger partial charge in [0.2, 0.25) is 0 Å². The van der Waals surface area contributed by atoms with E-state index < -0.39 is 6.10 Å². The quantitative estimate of drug-likeness (QED) is 0.0262. The van der Waals surface area contributed by atoms with Crippen LogP contribution in [0.5, 0.6) is 0 Å². The SMILES string of the molecule is CC\C=C/C=C\C=C/C=C\C=C/CCCC(=O)OCC(COC(=O)CCCCCCC\C=C/C=C\C=C/C=C\C=C/CCC)OC(=O)CCCCCCC/C=C\C=C/CCCCCCCCC. The third-order valence-corrected chi connectivity index (χ3v) is 10.6. The highest BCUT2D eigenvalue weighted by molar-refractivity contribution is 5.71. The van der Waals surface area contributed by atoms with Gasteiger partial charge in [-0.2, -0.15) is 0 Å². The predicted molar refractivity (Wildman–Crippen MR) is 288 cm³/mol. The molecular weight excluding hydrogens is 829 g/mol. The molecule has 0 fully saturated rings. The Bertz CT molecular complexity index is 1530. The Morgan fingerprint density at radius 2 is 0.627 bits per heavy atom. The third kappa shape index (κ3) is 52.1. The second-order valence-corrected chi connectivity index (χ2v) is 17.0.